The zero-order valence-electron chi connectivity index (χ0n) is 9.54. The van der Waals surface area contributed by atoms with E-state index in [-0.39, 0.29) is 5.91 Å². The molecule has 0 aliphatic carbocycles. The van der Waals surface area contributed by atoms with Gasteiger partial charge in [-0.15, -0.1) is 11.3 Å². The molecule has 0 saturated carbocycles. The quantitative estimate of drug-likeness (QED) is 0.919. The fraction of sp³-hybridized carbons (Fsp3) is 0.167. The predicted molar refractivity (Wildman–Crippen MR) is 77.2 cm³/mol. The number of aryl methyl sites for hydroxylation is 1. The molecule has 0 unspecified atom stereocenters. The van der Waals surface area contributed by atoms with Gasteiger partial charge in [-0.1, -0.05) is 27.5 Å². The van der Waals surface area contributed by atoms with Crippen LogP contribution in [0.3, 0.4) is 0 Å². The second kappa shape index (κ2) is 5.82. The Hall–Kier alpha value is -0.910. The number of hydrogen-bond acceptors (Lipinski definition) is 3. The van der Waals surface area contributed by atoms with Gasteiger partial charge in [0, 0.05) is 26.1 Å². The number of carbonyl (C=O) groups excluding carboxylic acids is 1. The second-order valence-electron chi connectivity index (χ2n) is 3.71. The summed E-state index contributed by atoms with van der Waals surface area (Å²) in [5.41, 5.74) is 0.530. The first-order chi connectivity index (χ1) is 8.54. The third kappa shape index (κ3) is 3.54. The Bertz CT molecular complexity index is 565. The van der Waals surface area contributed by atoms with Crippen LogP contribution >= 0.6 is 38.9 Å². The van der Waals surface area contributed by atoms with Crippen LogP contribution in [-0.4, -0.2) is 10.9 Å². The zero-order chi connectivity index (χ0) is 13.1. The molecule has 2 rings (SSSR count). The van der Waals surface area contributed by atoms with E-state index in [0.717, 1.165) is 14.4 Å². The van der Waals surface area contributed by atoms with E-state index >= 15 is 0 Å². The van der Waals surface area contributed by atoms with Crippen LogP contribution in [0.25, 0.3) is 0 Å². The maximum absolute atomic E-state index is 11.9. The SMILES string of the molecule is Cc1cnc(CNC(=O)c2cc(Cl)cc(Br)c2)s1. The third-order valence-corrected chi connectivity index (χ3v) is 3.78. The first kappa shape index (κ1) is 13.5. The molecule has 94 valence electrons. The van der Waals surface area contributed by atoms with E-state index in [1.165, 1.54) is 0 Å². The van der Waals surface area contributed by atoms with Gasteiger partial charge in [0.2, 0.25) is 0 Å². The van der Waals surface area contributed by atoms with Crippen LogP contribution in [0.1, 0.15) is 20.2 Å². The van der Waals surface area contributed by atoms with Crippen molar-refractivity contribution in [1.82, 2.24) is 10.3 Å². The fourth-order valence-corrected chi connectivity index (χ4v) is 3.01. The van der Waals surface area contributed by atoms with Crippen molar-refractivity contribution in [2.75, 3.05) is 0 Å². The fourth-order valence-electron chi connectivity index (χ4n) is 1.43. The molecule has 0 radical (unpaired) electrons. The lowest BCUT2D eigenvalue weighted by molar-refractivity contribution is 0.0951. The van der Waals surface area contributed by atoms with Gasteiger partial charge in [-0.25, -0.2) is 4.98 Å². The molecule has 1 aromatic heterocycles. The Morgan fingerprint density at radius 1 is 1.50 bits per heavy atom. The number of halogens is 2. The number of aromatic nitrogens is 1. The molecule has 0 aliphatic rings. The number of hydrogen-bond donors (Lipinski definition) is 1. The van der Waals surface area contributed by atoms with E-state index in [1.807, 2.05) is 6.92 Å². The van der Waals surface area contributed by atoms with Crippen LogP contribution in [-0.2, 0) is 6.54 Å². The summed E-state index contributed by atoms with van der Waals surface area (Å²) in [6.45, 7) is 2.42. The number of benzene rings is 1. The lowest BCUT2D eigenvalue weighted by Gasteiger charge is -2.04. The van der Waals surface area contributed by atoms with Crippen molar-refractivity contribution in [3.8, 4) is 0 Å². The van der Waals surface area contributed by atoms with E-state index in [0.29, 0.717) is 17.1 Å². The van der Waals surface area contributed by atoms with Crippen LogP contribution in [0.15, 0.2) is 28.9 Å². The van der Waals surface area contributed by atoms with E-state index < -0.39 is 0 Å². The van der Waals surface area contributed by atoms with Crippen LogP contribution in [0.5, 0.6) is 0 Å². The molecule has 0 spiro atoms. The van der Waals surface area contributed by atoms with Gasteiger partial charge in [0.05, 0.1) is 6.54 Å². The van der Waals surface area contributed by atoms with Gasteiger partial charge in [-0.2, -0.15) is 0 Å². The summed E-state index contributed by atoms with van der Waals surface area (Å²) in [7, 11) is 0. The Morgan fingerprint density at radius 3 is 2.89 bits per heavy atom. The number of amides is 1. The van der Waals surface area contributed by atoms with E-state index in [4.69, 9.17) is 11.6 Å². The van der Waals surface area contributed by atoms with Gasteiger partial charge in [0.15, 0.2) is 0 Å². The van der Waals surface area contributed by atoms with Crippen molar-refractivity contribution in [3.63, 3.8) is 0 Å². The first-order valence-corrected chi connectivity index (χ1v) is 7.19. The minimum Gasteiger partial charge on any atom is -0.346 e. The van der Waals surface area contributed by atoms with Crippen LogP contribution in [0, 0.1) is 6.92 Å². The van der Waals surface area contributed by atoms with Gasteiger partial charge in [0.25, 0.3) is 5.91 Å². The topological polar surface area (TPSA) is 42.0 Å². The van der Waals surface area contributed by atoms with Gasteiger partial charge in [-0.3, -0.25) is 4.79 Å². The number of rotatable bonds is 3. The number of nitrogens with zero attached hydrogens (tertiary/aromatic N) is 1. The summed E-state index contributed by atoms with van der Waals surface area (Å²) in [6.07, 6.45) is 1.79. The first-order valence-electron chi connectivity index (χ1n) is 5.20. The molecule has 18 heavy (non-hydrogen) atoms. The smallest absolute Gasteiger partial charge is 0.251 e. The summed E-state index contributed by atoms with van der Waals surface area (Å²) in [5.74, 6) is -0.161. The molecule has 0 atom stereocenters. The Labute approximate surface area is 122 Å². The maximum Gasteiger partial charge on any atom is 0.251 e. The average Bonchev–Trinajstić information content (AvgIpc) is 2.70. The Kier molecular flexibility index (Phi) is 4.37. The minimum absolute atomic E-state index is 0.161. The normalized spacial score (nSPS) is 10.4. The molecule has 3 nitrogen and oxygen atoms in total. The molecule has 0 fully saturated rings. The van der Waals surface area contributed by atoms with Gasteiger partial charge >= 0.3 is 0 Å². The van der Waals surface area contributed by atoms with Crippen molar-refractivity contribution in [3.05, 3.63) is 49.3 Å². The zero-order valence-corrected chi connectivity index (χ0v) is 12.7. The highest BCUT2D eigenvalue weighted by Gasteiger charge is 2.08. The number of thiazole rings is 1. The Balaban J connectivity index is 2.03. The van der Waals surface area contributed by atoms with Gasteiger partial charge < -0.3 is 5.32 Å². The molecule has 1 aromatic carbocycles. The number of carbonyl (C=O) groups is 1. The molecule has 1 amide bonds. The summed E-state index contributed by atoms with van der Waals surface area (Å²) in [6, 6.07) is 5.10. The van der Waals surface area contributed by atoms with Crippen LogP contribution in [0.4, 0.5) is 0 Å². The standard InChI is InChI=1S/C12H10BrClN2OS/c1-7-5-15-11(18-7)6-16-12(17)8-2-9(13)4-10(14)3-8/h2-5H,6H2,1H3,(H,16,17). The summed E-state index contributed by atoms with van der Waals surface area (Å²) >= 11 is 10.8. The van der Waals surface area contributed by atoms with Crippen LogP contribution < -0.4 is 5.32 Å². The summed E-state index contributed by atoms with van der Waals surface area (Å²) in [5, 5.41) is 4.23. The molecular formula is C12H10BrClN2OS. The Morgan fingerprint density at radius 2 is 2.28 bits per heavy atom. The van der Waals surface area contributed by atoms with Crippen molar-refractivity contribution >= 4 is 44.8 Å². The lowest BCUT2D eigenvalue weighted by atomic mass is 10.2. The monoisotopic (exact) mass is 344 g/mol. The van der Waals surface area contributed by atoms with Crippen molar-refractivity contribution < 1.29 is 4.79 Å². The largest absolute Gasteiger partial charge is 0.346 e. The highest BCUT2D eigenvalue weighted by atomic mass is 79.9. The highest BCUT2D eigenvalue weighted by molar-refractivity contribution is 9.10. The van der Waals surface area contributed by atoms with Crippen molar-refractivity contribution in [2.45, 2.75) is 13.5 Å². The third-order valence-electron chi connectivity index (χ3n) is 2.19. The van der Waals surface area contributed by atoms with E-state index in [2.05, 4.69) is 26.2 Å². The number of nitrogens with one attached hydrogen (secondary N) is 1. The maximum atomic E-state index is 11.9. The minimum atomic E-state index is -0.161. The second-order valence-corrected chi connectivity index (χ2v) is 6.38. The molecule has 0 saturated heterocycles. The molecule has 6 heteroatoms. The van der Waals surface area contributed by atoms with Gasteiger partial charge in [0.1, 0.15) is 5.01 Å². The molecule has 1 heterocycles. The van der Waals surface area contributed by atoms with E-state index in [1.54, 1.807) is 35.7 Å². The summed E-state index contributed by atoms with van der Waals surface area (Å²) in [4.78, 5) is 17.2. The summed E-state index contributed by atoms with van der Waals surface area (Å²) < 4.78 is 0.783. The van der Waals surface area contributed by atoms with Crippen molar-refractivity contribution in [2.24, 2.45) is 0 Å². The van der Waals surface area contributed by atoms with E-state index in [9.17, 15) is 4.79 Å². The van der Waals surface area contributed by atoms with Gasteiger partial charge in [-0.05, 0) is 25.1 Å². The molecule has 0 aliphatic heterocycles. The lowest BCUT2D eigenvalue weighted by Crippen LogP contribution is -2.22. The van der Waals surface area contributed by atoms with Crippen LogP contribution in [0.2, 0.25) is 5.02 Å². The molecular weight excluding hydrogens is 336 g/mol. The predicted octanol–water partition coefficient (Wildman–Crippen LogP) is 3.80. The van der Waals surface area contributed by atoms with Crippen molar-refractivity contribution in [1.29, 1.82) is 0 Å². The highest BCUT2D eigenvalue weighted by Crippen LogP contribution is 2.19. The average molecular weight is 346 g/mol. The molecule has 2 aromatic rings. The molecule has 0 bridgehead atoms. The molecule has 1 N–H and O–H groups in total.